The van der Waals surface area contributed by atoms with Crippen LogP contribution in [0.4, 0.5) is 10.1 Å². The van der Waals surface area contributed by atoms with E-state index in [1.54, 1.807) is 19.1 Å². The highest BCUT2D eigenvalue weighted by Crippen LogP contribution is 2.26. The van der Waals surface area contributed by atoms with Gasteiger partial charge in [0, 0.05) is 24.7 Å². The maximum absolute atomic E-state index is 13.6. The third-order valence-corrected chi connectivity index (χ3v) is 3.39. The fourth-order valence-corrected chi connectivity index (χ4v) is 2.28. The van der Waals surface area contributed by atoms with Crippen LogP contribution in [0.25, 0.3) is 0 Å². The molecule has 0 aliphatic carbocycles. The molecule has 0 aromatic heterocycles. The first-order chi connectivity index (χ1) is 9.38. The van der Waals surface area contributed by atoms with Crippen molar-refractivity contribution in [3.05, 3.63) is 29.6 Å². The van der Waals surface area contributed by atoms with Crippen molar-refractivity contribution in [3.8, 4) is 0 Å². The molecule has 20 heavy (non-hydrogen) atoms. The summed E-state index contributed by atoms with van der Waals surface area (Å²) in [5, 5.41) is 2.81. The first-order valence-corrected chi connectivity index (χ1v) is 6.75. The molecule has 1 N–H and O–H groups in total. The fourth-order valence-electron chi connectivity index (χ4n) is 2.28. The number of carbonyl (C=O) groups is 2. The Kier molecular flexibility index (Phi) is 4.06. The number of anilines is 1. The topological polar surface area (TPSA) is 49.4 Å². The number of benzene rings is 1. The summed E-state index contributed by atoms with van der Waals surface area (Å²) < 4.78 is 13.6. The maximum Gasteiger partial charge on any atom is 0.227 e. The second-order valence-electron chi connectivity index (χ2n) is 5.50. The Hall–Kier alpha value is -1.91. The van der Waals surface area contributed by atoms with Gasteiger partial charge in [-0.1, -0.05) is 6.07 Å². The van der Waals surface area contributed by atoms with E-state index in [0.29, 0.717) is 17.8 Å². The van der Waals surface area contributed by atoms with Crippen molar-refractivity contribution >= 4 is 17.5 Å². The van der Waals surface area contributed by atoms with Crippen LogP contribution in [0.2, 0.25) is 0 Å². The zero-order valence-electron chi connectivity index (χ0n) is 11.9. The Morgan fingerprint density at radius 1 is 1.45 bits per heavy atom. The van der Waals surface area contributed by atoms with Crippen LogP contribution in [0.3, 0.4) is 0 Å². The number of nitrogens with one attached hydrogen (secondary N) is 1. The van der Waals surface area contributed by atoms with Crippen molar-refractivity contribution < 1.29 is 14.0 Å². The van der Waals surface area contributed by atoms with Crippen molar-refractivity contribution in [2.75, 3.05) is 11.4 Å². The number of hydrogen-bond donors (Lipinski definition) is 1. The lowest BCUT2D eigenvalue weighted by Gasteiger charge is -2.17. The summed E-state index contributed by atoms with van der Waals surface area (Å²) in [6.07, 6.45) is 0.175. The number of amides is 2. The third kappa shape index (κ3) is 2.98. The number of aryl methyl sites for hydroxylation is 1. The second-order valence-corrected chi connectivity index (χ2v) is 5.50. The Morgan fingerprint density at radius 2 is 2.15 bits per heavy atom. The molecule has 2 amide bonds. The Balaban J connectivity index is 2.13. The summed E-state index contributed by atoms with van der Waals surface area (Å²) in [6.45, 7) is 5.73. The van der Waals surface area contributed by atoms with Crippen LogP contribution >= 0.6 is 0 Å². The first-order valence-electron chi connectivity index (χ1n) is 6.75. The average molecular weight is 278 g/mol. The van der Waals surface area contributed by atoms with E-state index >= 15 is 0 Å². The highest BCUT2D eigenvalue weighted by atomic mass is 19.1. The van der Waals surface area contributed by atoms with Crippen molar-refractivity contribution in [1.82, 2.24) is 5.32 Å². The molecule has 1 atom stereocenters. The number of hydrogen-bond acceptors (Lipinski definition) is 2. The van der Waals surface area contributed by atoms with Gasteiger partial charge in [0.1, 0.15) is 5.82 Å². The van der Waals surface area contributed by atoms with Gasteiger partial charge in [-0.15, -0.1) is 0 Å². The Morgan fingerprint density at radius 3 is 2.75 bits per heavy atom. The number of halogens is 1. The zero-order valence-corrected chi connectivity index (χ0v) is 11.9. The SMILES string of the molecule is Cc1ccc(N2C[C@H](C(=O)NC(C)C)CC2=O)cc1F. The molecule has 4 nitrogen and oxygen atoms in total. The molecule has 0 saturated carbocycles. The zero-order chi connectivity index (χ0) is 14.9. The Bertz CT molecular complexity index is 543. The van der Waals surface area contributed by atoms with Crippen LogP contribution < -0.4 is 10.2 Å². The van der Waals surface area contributed by atoms with Gasteiger partial charge in [-0.2, -0.15) is 0 Å². The summed E-state index contributed by atoms with van der Waals surface area (Å²) in [5.41, 5.74) is 1.05. The minimum absolute atomic E-state index is 0.0449. The van der Waals surface area contributed by atoms with E-state index in [4.69, 9.17) is 0 Å². The molecule has 1 heterocycles. The normalized spacial score (nSPS) is 18.8. The summed E-state index contributed by atoms with van der Waals surface area (Å²) >= 11 is 0. The highest BCUT2D eigenvalue weighted by molar-refractivity contribution is 6.00. The van der Waals surface area contributed by atoms with Crippen molar-refractivity contribution in [1.29, 1.82) is 0 Å². The van der Waals surface area contributed by atoms with Crippen molar-refractivity contribution in [3.63, 3.8) is 0 Å². The molecular weight excluding hydrogens is 259 g/mol. The van der Waals surface area contributed by atoms with Crippen molar-refractivity contribution in [2.45, 2.75) is 33.2 Å². The molecule has 1 aromatic carbocycles. The fraction of sp³-hybridized carbons (Fsp3) is 0.467. The van der Waals surface area contributed by atoms with Gasteiger partial charge >= 0.3 is 0 Å². The maximum atomic E-state index is 13.6. The minimum atomic E-state index is -0.366. The molecule has 5 heteroatoms. The largest absolute Gasteiger partial charge is 0.354 e. The van der Waals surface area contributed by atoms with E-state index in [-0.39, 0.29) is 36.0 Å². The van der Waals surface area contributed by atoms with Gasteiger partial charge in [0.15, 0.2) is 0 Å². The van der Waals surface area contributed by atoms with Crippen LogP contribution in [0.5, 0.6) is 0 Å². The van der Waals surface area contributed by atoms with Crippen LogP contribution in [0.15, 0.2) is 18.2 Å². The minimum Gasteiger partial charge on any atom is -0.354 e. The molecule has 1 aliphatic heterocycles. The smallest absolute Gasteiger partial charge is 0.227 e. The molecule has 1 fully saturated rings. The van der Waals surface area contributed by atoms with Crippen molar-refractivity contribution in [2.24, 2.45) is 5.92 Å². The third-order valence-electron chi connectivity index (χ3n) is 3.39. The van der Waals surface area contributed by atoms with E-state index in [1.807, 2.05) is 13.8 Å². The van der Waals surface area contributed by atoms with Crippen LogP contribution in [-0.2, 0) is 9.59 Å². The molecule has 0 bridgehead atoms. The lowest BCUT2D eigenvalue weighted by atomic mass is 10.1. The van der Waals surface area contributed by atoms with E-state index in [0.717, 1.165) is 0 Å². The molecule has 0 unspecified atom stereocenters. The number of carbonyl (C=O) groups excluding carboxylic acids is 2. The standard InChI is InChI=1S/C15H19FN2O2/c1-9(2)17-15(20)11-6-14(19)18(8-11)12-5-4-10(3)13(16)7-12/h4-5,7,9,11H,6,8H2,1-3H3,(H,17,20)/t11-/m1/s1. The summed E-state index contributed by atoms with van der Waals surface area (Å²) in [5.74, 6) is -0.972. The monoisotopic (exact) mass is 278 g/mol. The predicted molar refractivity (Wildman–Crippen MR) is 74.9 cm³/mol. The lowest BCUT2D eigenvalue weighted by Crippen LogP contribution is -2.36. The highest BCUT2D eigenvalue weighted by Gasteiger charge is 2.35. The lowest BCUT2D eigenvalue weighted by molar-refractivity contribution is -0.126. The molecule has 2 rings (SSSR count). The van der Waals surface area contributed by atoms with Crippen LogP contribution in [0.1, 0.15) is 25.8 Å². The summed E-state index contributed by atoms with van der Waals surface area (Å²) in [7, 11) is 0. The number of nitrogens with zero attached hydrogens (tertiary/aromatic N) is 1. The molecule has 0 spiro atoms. The summed E-state index contributed by atoms with van der Waals surface area (Å²) in [6, 6.07) is 4.73. The van der Waals surface area contributed by atoms with Gasteiger partial charge in [0.25, 0.3) is 0 Å². The quantitative estimate of drug-likeness (QED) is 0.919. The van der Waals surface area contributed by atoms with Gasteiger partial charge < -0.3 is 10.2 Å². The number of rotatable bonds is 3. The van der Waals surface area contributed by atoms with Gasteiger partial charge in [-0.3, -0.25) is 9.59 Å². The average Bonchev–Trinajstić information content (AvgIpc) is 2.74. The molecule has 108 valence electrons. The predicted octanol–water partition coefficient (Wildman–Crippen LogP) is 2.01. The summed E-state index contributed by atoms with van der Waals surface area (Å²) in [4.78, 5) is 25.4. The van der Waals surface area contributed by atoms with E-state index in [9.17, 15) is 14.0 Å². The molecule has 1 aromatic rings. The van der Waals surface area contributed by atoms with Gasteiger partial charge in [-0.05, 0) is 38.5 Å². The molecule has 1 saturated heterocycles. The molecule has 0 radical (unpaired) electrons. The van der Waals surface area contributed by atoms with Crippen LogP contribution in [0, 0.1) is 18.7 Å². The first kappa shape index (κ1) is 14.5. The molecule has 1 aliphatic rings. The van der Waals surface area contributed by atoms with Gasteiger partial charge in [0.2, 0.25) is 11.8 Å². The van der Waals surface area contributed by atoms with E-state index < -0.39 is 0 Å². The van der Waals surface area contributed by atoms with E-state index in [2.05, 4.69) is 5.32 Å². The van der Waals surface area contributed by atoms with Crippen LogP contribution in [-0.4, -0.2) is 24.4 Å². The Labute approximate surface area is 118 Å². The van der Waals surface area contributed by atoms with E-state index in [1.165, 1.54) is 11.0 Å². The van der Waals surface area contributed by atoms with Gasteiger partial charge in [-0.25, -0.2) is 4.39 Å². The van der Waals surface area contributed by atoms with Gasteiger partial charge in [0.05, 0.1) is 5.92 Å². The second kappa shape index (κ2) is 5.61. The molecular formula is C15H19FN2O2.